The number of hydrogen-bond donors (Lipinski definition) is 1. The van der Waals surface area contributed by atoms with Crippen LogP contribution in [0.1, 0.15) is 58.8 Å². The van der Waals surface area contributed by atoms with Crippen molar-refractivity contribution in [2.45, 2.75) is 58.8 Å². The van der Waals surface area contributed by atoms with Gasteiger partial charge >= 0.3 is 7.60 Å². The SMILES string of the molecule is CCCCCCOP(=O)(O)CCCCC. The molecular weight excluding hydrogens is 211 g/mol. The molecule has 1 N–H and O–H groups in total. The zero-order valence-electron chi connectivity index (χ0n) is 10.1. The fourth-order valence-electron chi connectivity index (χ4n) is 1.36. The average molecular weight is 236 g/mol. The Morgan fingerprint density at radius 3 is 2.20 bits per heavy atom. The highest BCUT2D eigenvalue weighted by Crippen LogP contribution is 2.42. The molecule has 3 nitrogen and oxygen atoms in total. The summed E-state index contributed by atoms with van der Waals surface area (Å²) in [5, 5.41) is 0. The zero-order valence-corrected chi connectivity index (χ0v) is 11.0. The standard InChI is InChI=1S/C11H25O3P/c1-3-5-7-8-10-14-15(12,13)11-9-6-4-2/h3-11H2,1-2H3,(H,12,13). The molecule has 0 aromatic heterocycles. The topological polar surface area (TPSA) is 46.5 Å². The lowest BCUT2D eigenvalue weighted by molar-refractivity contribution is 0.252. The quantitative estimate of drug-likeness (QED) is 0.461. The van der Waals surface area contributed by atoms with E-state index in [0.29, 0.717) is 12.8 Å². The summed E-state index contributed by atoms with van der Waals surface area (Å²) in [7, 11) is -3.27. The molecule has 0 aliphatic carbocycles. The molecule has 0 spiro atoms. The molecule has 15 heavy (non-hydrogen) atoms. The lowest BCUT2D eigenvalue weighted by Crippen LogP contribution is -1.97. The van der Waals surface area contributed by atoms with Gasteiger partial charge < -0.3 is 9.42 Å². The van der Waals surface area contributed by atoms with Gasteiger partial charge in [0.2, 0.25) is 0 Å². The lowest BCUT2D eigenvalue weighted by atomic mass is 10.2. The molecule has 0 fully saturated rings. The van der Waals surface area contributed by atoms with Gasteiger partial charge in [-0.25, -0.2) is 0 Å². The normalized spacial score (nSPS) is 15.1. The largest absolute Gasteiger partial charge is 0.328 e. The highest BCUT2D eigenvalue weighted by molar-refractivity contribution is 7.52. The maximum Gasteiger partial charge on any atom is 0.328 e. The molecule has 0 radical (unpaired) electrons. The van der Waals surface area contributed by atoms with Crippen LogP contribution in [0.4, 0.5) is 0 Å². The first-order valence-corrected chi connectivity index (χ1v) is 7.85. The smallest absolute Gasteiger partial charge is 0.324 e. The third-order valence-electron chi connectivity index (χ3n) is 2.34. The van der Waals surface area contributed by atoms with Crippen molar-refractivity contribution in [3.05, 3.63) is 0 Å². The lowest BCUT2D eigenvalue weighted by Gasteiger charge is -2.11. The third kappa shape index (κ3) is 10.4. The van der Waals surface area contributed by atoms with Gasteiger partial charge in [-0.2, -0.15) is 0 Å². The maximum absolute atomic E-state index is 11.5. The van der Waals surface area contributed by atoms with Crippen molar-refractivity contribution in [2.24, 2.45) is 0 Å². The third-order valence-corrected chi connectivity index (χ3v) is 3.80. The van der Waals surface area contributed by atoms with E-state index in [4.69, 9.17) is 4.52 Å². The highest BCUT2D eigenvalue weighted by atomic mass is 31.2. The van der Waals surface area contributed by atoms with Gasteiger partial charge in [-0.15, -0.1) is 0 Å². The van der Waals surface area contributed by atoms with E-state index in [0.717, 1.165) is 32.1 Å². The second-order valence-corrected chi connectivity index (χ2v) is 5.94. The Morgan fingerprint density at radius 2 is 1.60 bits per heavy atom. The van der Waals surface area contributed by atoms with Crippen LogP contribution in [0.2, 0.25) is 0 Å². The minimum atomic E-state index is -3.27. The molecule has 0 bridgehead atoms. The summed E-state index contributed by atoms with van der Waals surface area (Å²) in [6, 6.07) is 0. The maximum atomic E-state index is 11.5. The van der Waals surface area contributed by atoms with Crippen molar-refractivity contribution >= 4 is 7.60 Å². The highest BCUT2D eigenvalue weighted by Gasteiger charge is 2.17. The van der Waals surface area contributed by atoms with Gasteiger partial charge in [0.05, 0.1) is 6.61 Å². The van der Waals surface area contributed by atoms with Gasteiger partial charge in [-0.1, -0.05) is 46.0 Å². The van der Waals surface area contributed by atoms with Crippen molar-refractivity contribution in [1.82, 2.24) is 0 Å². The van der Waals surface area contributed by atoms with Crippen LogP contribution in [0.5, 0.6) is 0 Å². The van der Waals surface area contributed by atoms with Crippen molar-refractivity contribution in [3.8, 4) is 0 Å². The molecule has 0 aromatic carbocycles. The van der Waals surface area contributed by atoms with Crippen LogP contribution in [-0.2, 0) is 9.09 Å². The first-order chi connectivity index (χ1) is 7.12. The first kappa shape index (κ1) is 15.2. The van der Waals surface area contributed by atoms with Crippen molar-refractivity contribution < 1.29 is 14.0 Å². The summed E-state index contributed by atoms with van der Waals surface area (Å²) in [6.45, 7) is 4.65. The van der Waals surface area contributed by atoms with Crippen LogP contribution in [0.15, 0.2) is 0 Å². The van der Waals surface area contributed by atoms with E-state index < -0.39 is 7.60 Å². The predicted molar refractivity (Wildman–Crippen MR) is 64.3 cm³/mol. The van der Waals surface area contributed by atoms with E-state index >= 15 is 0 Å². The van der Waals surface area contributed by atoms with Crippen molar-refractivity contribution in [3.63, 3.8) is 0 Å². The Bertz CT molecular complexity index is 183. The van der Waals surface area contributed by atoms with Crippen molar-refractivity contribution in [2.75, 3.05) is 12.8 Å². The molecule has 0 amide bonds. The summed E-state index contributed by atoms with van der Waals surface area (Å²) in [4.78, 5) is 9.43. The minimum Gasteiger partial charge on any atom is -0.324 e. The van der Waals surface area contributed by atoms with Crippen molar-refractivity contribution in [1.29, 1.82) is 0 Å². The van der Waals surface area contributed by atoms with Gasteiger partial charge in [0.25, 0.3) is 0 Å². The monoisotopic (exact) mass is 236 g/mol. The van der Waals surface area contributed by atoms with E-state index in [-0.39, 0.29) is 0 Å². The van der Waals surface area contributed by atoms with Gasteiger partial charge in [-0.3, -0.25) is 4.57 Å². The molecule has 92 valence electrons. The molecule has 1 unspecified atom stereocenters. The fourth-order valence-corrected chi connectivity index (χ4v) is 2.53. The van der Waals surface area contributed by atoms with Gasteiger partial charge in [0.15, 0.2) is 0 Å². The van der Waals surface area contributed by atoms with Crippen LogP contribution in [0.3, 0.4) is 0 Å². The Hall–Kier alpha value is 0.150. The Balaban J connectivity index is 3.43. The summed E-state index contributed by atoms with van der Waals surface area (Å²) in [5.41, 5.74) is 0. The molecule has 0 aliphatic heterocycles. The van der Waals surface area contributed by atoms with Gasteiger partial charge in [-0.05, 0) is 12.8 Å². The fraction of sp³-hybridized carbons (Fsp3) is 1.00. The molecule has 0 aliphatic rings. The van der Waals surface area contributed by atoms with E-state index in [1.165, 1.54) is 12.8 Å². The molecule has 1 atom stereocenters. The molecule has 0 aromatic rings. The Labute approximate surface area is 93.8 Å². The minimum absolute atomic E-state index is 0.314. The molecule has 4 heteroatoms. The summed E-state index contributed by atoms with van der Waals surface area (Å²) in [6.07, 6.45) is 7.51. The Kier molecular flexibility index (Phi) is 9.48. The molecule has 0 saturated heterocycles. The van der Waals surface area contributed by atoms with E-state index in [9.17, 15) is 9.46 Å². The van der Waals surface area contributed by atoms with Gasteiger partial charge in [0, 0.05) is 6.16 Å². The average Bonchev–Trinajstić information content (AvgIpc) is 2.17. The molecule has 0 saturated carbocycles. The molecule has 0 rings (SSSR count). The van der Waals surface area contributed by atoms with E-state index in [1.807, 2.05) is 0 Å². The van der Waals surface area contributed by atoms with Crippen LogP contribution >= 0.6 is 7.60 Å². The van der Waals surface area contributed by atoms with E-state index in [2.05, 4.69) is 13.8 Å². The zero-order chi connectivity index (χ0) is 11.6. The second-order valence-electron chi connectivity index (χ2n) is 3.96. The van der Waals surface area contributed by atoms with Crippen LogP contribution < -0.4 is 0 Å². The predicted octanol–water partition coefficient (Wildman–Crippen LogP) is 3.96. The molecule has 0 heterocycles. The number of unbranched alkanes of at least 4 members (excludes halogenated alkanes) is 5. The summed E-state index contributed by atoms with van der Waals surface area (Å²) >= 11 is 0. The van der Waals surface area contributed by atoms with Crippen LogP contribution in [0.25, 0.3) is 0 Å². The van der Waals surface area contributed by atoms with Gasteiger partial charge in [0.1, 0.15) is 0 Å². The molecular formula is C11H25O3P. The first-order valence-electron chi connectivity index (χ1n) is 6.08. The number of rotatable bonds is 10. The van der Waals surface area contributed by atoms with Crippen LogP contribution in [0, 0.1) is 0 Å². The number of hydrogen-bond acceptors (Lipinski definition) is 2. The summed E-state index contributed by atoms with van der Waals surface area (Å²) < 4.78 is 16.5. The second kappa shape index (κ2) is 9.38. The van der Waals surface area contributed by atoms with E-state index in [1.54, 1.807) is 0 Å². The van der Waals surface area contributed by atoms with Crippen LogP contribution in [-0.4, -0.2) is 17.7 Å². The summed E-state index contributed by atoms with van der Waals surface area (Å²) in [5.74, 6) is 0. The Morgan fingerprint density at radius 1 is 1.00 bits per heavy atom.